The molecule has 0 heterocycles. The van der Waals surface area contributed by atoms with Crippen molar-refractivity contribution in [3.05, 3.63) is 29.8 Å². The zero-order valence-electron chi connectivity index (χ0n) is 13.2. The molecule has 20 heavy (non-hydrogen) atoms. The second kappa shape index (κ2) is 8.09. The minimum Gasteiger partial charge on any atom is -0.313 e. The number of hydrogen-bond acceptors (Lipinski definition) is 2. The summed E-state index contributed by atoms with van der Waals surface area (Å²) < 4.78 is 0. The van der Waals surface area contributed by atoms with E-state index in [1.54, 1.807) is 0 Å². The standard InChI is InChI=1S/C18H29NS/c1-4-11-19-17-10-9-15(5-2)13-18(17)20-16-8-6-7-14(3)12-16/h6-8,12,15,17-19H,4-5,9-11,13H2,1-3H3. The molecule has 1 aromatic rings. The molecular weight excluding hydrogens is 262 g/mol. The summed E-state index contributed by atoms with van der Waals surface area (Å²) >= 11 is 2.09. The number of hydrogen-bond donors (Lipinski definition) is 1. The Balaban J connectivity index is 2.02. The van der Waals surface area contributed by atoms with Gasteiger partial charge in [-0.3, -0.25) is 0 Å². The summed E-state index contributed by atoms with van der Waals surface area (Å²) in [6.45, 7) is 7.95. The number of thioether (sulfide) groups is 1. The molecule has 2 rings (SSSR count). The fourth-order valence-corrected chi connectivity index (χ4v) is 4.67. The third-order valence-electron chi connectivity index (χ3n) is 4.41. The molecule has 0 radical (unpaired) electrons. The molecule has 2 heteroatoms. The van der Waals surface area contributed by atoms with Crippen molar-refractivity contribution in [1.82, 2.24) is 5.32 Å². The first-order valence-electron chi connectivity index (χ1n) is 8.19. The van der Waals surface area contributed by atoms with Crippen LogP contribution in [0, 0.1) is 12.8 Å². The highest BCUT2D eigenvalue weighted by atomic mass is 32.2. The first kappa shape index (κ1) is 15.9. The Morgan fingerprint density at radius 3 is 2.80 bits per heavy atom. The van der Waals surface area contributed by atoms with Crippen LogP contribution in [-0.2, 0) is 0 Å². The van der Waals surface area contributed by atoms with Gasteiger partial charge in [-0.1, -0.05) is 38.0 Å². The Kier molecular flexibility index (Phi) is 6.44. The van der Waals surface area contributed by atoms with E-state index < -0.39 is 0 Å². The van der Waals surface area contributed by atoms with Gasteiger partial charge in [0, 0.05) is 16.2 Å². The third-order valence-corrected chi connectivity index (χ3v) is 5.76. The highest BCUT2D eigenvalue weighted by molar-refractivity contribution is 8.00. The van der Waals surface area contributed by atoms with Crippen molar-refractivity contribution in [2.45, 2.75) is 69.1 Å². The van der Waals surface area contributed by atoms with Crippen LogP contribution < -0.4 is 5.32 Å². The van der Waals surface area contributed by atoms with E-state index in [1.807, 2.05) is 0 Å². The highest BCUT2D eigenvalue weighted by Crippen LogP contribution is 2.37. The fourth-order valence-electron chi connectivity index (χ4n) is 3.14. The molecule has 0 aliphatic heterocycles. The fraction of sp³-hybridized carbons (Fsp3) is 0.667. The zero-order valence-corrected chi connectivity index (χ0v) is 14.0. The van der Waals surface area contributed by atoms with E-state index in [0.717, 1.165) is 17.7 Å². The quantitative estimate of drug-likeness (QED) is 0.788. The lowest BCUT2D eigenvalue weighted by molar-refractivity contribution is 0.295. The minimum atomic E-state index is 0.697. The molecule has 1 saturated carbocycles. The van der Waals surface area contributed by atoms with E-state index in [-0.39, 0.29) is 0 Å². The third kappa shape index (κ3) is 4.53. The Morgan fingerprint density at radius 1 is 1.25 bits per heavy atom. The smallest absolute Gasteiger partial charge is 0.0251 e. The molecule has 3 unspecified atom stereocenters. The van der Waals surface area contributed by atoms with Gasteiger partial charge >= 0.3 is 0 Å². The van der Waals surface area contributed by atoms with Crippen LogP contribution in [0.3, 0.4) is 0 Å². The van der Waals surface area contributed by atoms with E-state index in [4.69, 9.17) is 0 Å². The molecule has 1 nitrogen and oxygen atoms in total. The van der Waals surface area contributed by atoms with Crippen LogP contribution in [0.1, 0.15) is 51.5 Å². The Bertz CT molecular complexity index is 404. The first-order chi connectivity index (χ1) is 9.72. The molecule has 1 aliphatic carbocycles. The lowest BCUT2D eigenvalue weighted by atomic mass is 9.84. The highest BCUT2D eigenvalue weighted by Gasteiger charge is 2.29. The summed E-state index contributed by atoms with van der Waals surface area (Å²) in [7, 11) is 0. The van der Waals surface area contributed by atoms with E-state index in [2.05, 4.69) is 62.1 Å². The van der Waals surface area contributed by atoms with Crippen LogP contribution in [0.15, 0.2) is 29.2 Å². The molecule has 0 aromatic heterocycles. The average molecular weight is 292 g/mol. The summed E-state index contributed by atoms with van der Waals surface area (Å²) in [5.74, 6) is 0.928. The molecular formula is C18H29NS. The Hall–Kier alpha value is -0.470. The normalized spacial score (nSPS) is 26.6. The maximum Gasteiger partial charge on any atom is 0.0251 e. The van der Waals surface area contributed by atoms with E-state index in [9.17, 15) is 0 Å². The van der Waals surface area contributed by atoms with Gasteiger partial charge in [0.15, 0.2) is 0 Å². The molecule has 1 fully saturated rings. The van der Waals surface area contributed by atoms with Gasteiger partial charge < -0.3 is 5.32 Å². The van der Waals surface area contributed by atoms with Crippen LogP contribution >= 0.6 is 11.8 Å². The van der Waals surface area contributed by atoms with Gasteiger partial charge in [-0.2, -0.15) is 0 Å². The van der Waals surface area contributed by atoms with Crippen LogP contribution in [0.25, 0.3) is 0 Å². The van der Waals surface area contributed by atoms with Crippen molar-refractivity contribution < 1.29 is 0 Å². The van der Waals surface area contributed by atoms with Crippen molar-refractivity contribution in [1.29, 1.82) is 0 Å². The molecule has 0 saturated heterocycles. The number of nitrogens with one attached hydrogen (secondary N) is 1. The molecule has 1 aliphatic rings. The summed E-state index contributed by atoms with van der Waals surface area (Å²) in [5.41, 5.74) is 1.37. The maximum absolute atomic E-state index is 3.78. The number of aryl methyl sites for hydroxylation is 1. The lowest BCUT2D eigenvalue weighted by Crippen LogP contribution is -2.42. The largest absolute Gasteiger partial charge is 0.313 e. The average Bonchev–Trinajstić information content (AvgIpc) is 2.46. The van der Waals surface area contributed by atoms with Crippen LogP contribution in [0.5, 0.6) is 0 Å². The van der Waals surface area contributed by atoms with Gasteiger partial charge in [0.1, 0.15) is 0 Å². The van der Waals surface area contributed by atoms with Gasteiger partial charge in [0.25, 0.3) is 0 Å². The maximum atomic E-state index is 3.78. The molecule has 0 amide bonds. The van der Waals surface area contributed by atoms with Gasteiger partial charge in [0.2, 0.25) is 0 Å². The summed E-state index contributed by atoms with van der Waals surface area (Å²) in [5, 5.41) is 4.52. The van der Waals surface area contributed by atoms with Gasteiger partial charge in [-0.05, 0) is 57.2 Å². The second-order valence-corrected chi connectivity index (χ2v) is 7.43. The molecule has 3 atom stereocenters. The number of benzene rings is 1. The molecule has 1 aromatic carbocycles. The monoisotopic (exact) mass is 291 g/mol. The van der Waals surface area contributed by atoms with Crippen molar-refractivity contribution >= 4 is 11.8 Å². The van der Waals surface area contributed by atoms with Gasteiger partial charge in [-0.15, -0.1) is 11.8 Å². The van der Waals surface area contributed by atoms with Crippen LogP contribution in [0.4, 0.5) is 0 Å². The molecule has 0 bridgehead atoms. The first-order valence-corrected chi connectivity index (χ1v) is 9.07. The summed E-state index contributed by atoms with van der Waals surface area (Å²) in [4.78, 5) is 1.44. The minimum absolute atomic E-state index is 0.697. The van der Waals surface area contributed by atoms with Crippen molar-refractivity contribution in [3.8, 4) is 0 Å². The molecule has 0 spiro atoms. The SMILES string of the molecule is CCCNC1CCC(CC)CC1Sc1cccc(C)c1. The number of rotatable bonds is 6. The predicted octanol–water partition coefficient (Wildman–Crippen LogP) is 5.03. The van der Waals surface area contributed by atoms with Crippen molar-refractivity contribution in [3.63, 3.8) is 0 Å². The summed E-state index contributed by atoms with van der Waals surface area (Å²) in [6.07, 6.45) is 6.70. The van der Waals surface area contributed by atoms with Crippen LogP contribution in [-0.4, -0.2) is 17.8 Å². The molecule has 112 valence electrons. The van der Waals surface area contributed by atoms with Gasteiger partial charge in [-0.25, -0.2) is 0 Å². The van der Waals surface area contributed by atoms with Crippen LogP contribution in [0.2, 0.25) is 0 Å². The van der Waals surface area contributed by atoms with Crippen molar-refractivity contribution in [2.24, 2.45) is 5.92 Å². The van der Waals surface area contributed by atoms with E-state index in [1.165, 1.54) is 42.6 Å². The van der Waals surface area contributed by atoms with Crippen molar-refractivity contribution in [2.75, 3.05) is 6.54 Å². The zero-order chi connectivity index (χ0) is 14.4. The lowest BCUT2D eigenvalue weighted by Gasteiger charge is -2.36. The predicted molar refractivity (Wildman–Crippen MR) is 90.5 cm³/mol. The van der Waals surface area contributed by atoms with Gasteiger partial charge in [0.05, 0.1) is 0 Å². The topological polar surface area (TPSA) is 12.0 Å². The summed E-state index contributed by atoms with van der Waals surface area (Å²) in [6, 6.07) is 9.67. The Labute approximate surface area is 128 Å². The Morgan fingerprint density at radius 2 is 2.10 bits per heavy atom. The second-order valence-electron chi connectivity index (χ2n) is 6.12. The molecule has 1 N–H and O–H groups in total. The van der Waals surface area contributed by atoms with E-state index in [0.29, 0.717) is 6.04 Å². The van der Waals surface area contributed by atoms with E-state index >= 15 is 0 Å².